The Bertz CT molecular complexity index is 1500. The third kappa shape index (κ3) is 4.66. The molecule has 206 valence electrons. The lowest BCUT2D eigenvalue weighted by molar-refractivity contribution is -0.169. The van der Waals surface area contributed by atoms with Gasteiger partial charge >= 0.3 is 12.1 Å². The topological polar surface area (TPSA) is 84.9 Å². The molecule has 7 heteroatoms. The third-order valence-electron chi connectivity index (χ3n) is 7.47. The van der Waals surface area contributed by atoms with Crippen molar-refractivity contribution in [2.45, 2.75) is 58.8 Å². The summed E-state index contributed by atoms with van der Waals surface area (Å²) in [5, 5.41) is 2.79. The predicted octanol–water partition coefficient (Wildman–Crippen LogP) is 6.83. The fraction of sp³-hybridized carbons (Fsp3) is 0.303. The van der Waals surface area contributed by atoms with E-state index in [9.17, 15) is 14.4 Å². The van der Waals surface area contributed by atoms with E-state index in [1.54, 1.807) is 49.9 Å². The molecule has 5 rings (SSSR count). The maximum absolute atomic E-state index is 14.3. The van der Waals surface area contributed by atoms with Gasteiger partial charge in [-0.15, -0.1) is 0 Å². The number of ether oxygens (including phenoxy) is 2. The predicted molar refractivity (Wildman–Crippen MR) is 155 cm³/mol. The van der Waals surface area contributed by atoms with E-state index in [1.165, 1.54) is 0 Å². The van der Waals surface area contributed by atoms with Crippen LogP contribution in [-0.4, -0.2) is 23.6 Å². The minimum Gasteiger partial charge on any atom is -0.444 e. The number of amides is 2. The van der Waals surface area contributed by atoms with Crippen LogP contribution in [-0.2, 0) is 31.2 Å². The molecule has 3 aromatic rings. The molecule has 2 aliphatic heterocycles. The summed E-state index contributed by atoms with van der Waals surface area (Å²) >= 11 is 0. The number of nitrogens with zero attached hydrogens (tertiary/aromatic N) is 1. The zero-order chi connectivity index (χ0) is 28.7. The number of carbonyl (C=O) groups excluding carboxylic acids is 3. The molecule has 2 atom stereocenters. The number of carbonyl (C=O) groups is 3. The van der Waals surface area contributed by atoms with Crippen LogP contribution in [0.1, 0.15) is 57.7 Å². The Morgan fingerprint density at radius 1 is 0.975 bits per heavy atom. The summed E-state index contributed by atoms with van der Waals surface area (Å²) in [6, 6.07) is 24.4. The molecule has 2 heterocycles. The van der Waals surface area contributed by atoms with Crippen LogP contribution >= 0.6 is 0 Å². The largest absolute Gasteiger partial charge is 0.444 e. The summed E-state index contributed by atoms with van der Waals surface area (Å²) < 4.78 is 11.7. The molecule has 3 aromatic carbocycles. The Morgan fingerprint density at radius 3 is 2.33 bits per heavy atom. The monoisotopic (exact) mass is 538 g/mol. The first-order valence-electron chi connectivity index (χ1n) is 13.6. The van der Waals surface area contributed by atoms with Gasteiger partial charge in [-0.25, -0.2) is 9.59 Å². The molecule has 0 saturated carbocycles. The number of esters is 1. The number of rotatable bonds is 5. The average Bonchev–Trinajstić information content (AvgIpc) is 3.14. The zero-order valence-electron chi connectivity index (χ0n) is 23.5. The lowest BCUT2D eigenvalue weighted by Gasteiger charge is -2.40. The van der Waals surface area contributed by atoms with E-state index in [1.807, 2.05) is 68.4 Å². The highest BCUT2D eigenvalue weighted by atomic mass is 16.6. The smallest absolute Gasteiger partial charge is 0.412 e. The van der Waals surface area contributed by atoms with Gasteiger partial charge in [0, 0.05) is 17.0 Å². The van der Waals surface area contributed by atoms with E-state index in [0.717, 1.165) is 16.8 Å². The summed E-state index contributed by atoms with van der Waals surface area (Å²) in [7, 11) is 0. The van der Waals surface area contributed by atoms with E-state index in [2.05, 4.69) is 5.32 Å². The van der Waals surface area contributed by atoms with Crippen LogP contribution in [0, 0.1) is 5.92 Å². The minimum atomic E-state index is -1.48. The van der Waals surface area contributed by atoms with Gasteiger partial charge in [0.2, 0.25) is 5.60 Å². The van der Waals surface area contributed by atoms with E-state index in [0.29, 0.717) is 35.4 Å². The van der Waals surface area contributed by atoms with Gasteiger partial charge in [0.1, 0.15) is 5.60 Å². The van der Waals surface area contributed by atoms with Crippen molar-refractivity contribution in [1.82, 2.24) is 0 Å². The lowest BCUT2D eigenvalue weighted by Crippen LogP contribution is -2.51. The van der Waals surface area contributed by atoms with Crippen molar-refractivity contribution in [3.63, 3.8) is 0 Å². The summed E-state index contributed by atoms with van der Waals surface area (Å²) in [6.07, 6.45) is -0.105. The number of benzene rings is 3. The second-order valence-electron chi connectivity index (χ2n) is 11.2. The molecule has 2 amide bonds. The van der Waals surface area contributed by atoms with Gasteiger partial charge in [-0.2, -0.15) is 0 Å². The number of para-hydroxylation sites is 2. The van der Waals surface area contributed by atoms with E-state index in [4.69, 9.17) is 9.47 Å². The van der Waals surface area contributed by atoms with E-state index >= 15 is 0 Å². The average molecular weight is 539 g/mol. The Hall–Kier alpha value is -4.39. The molecule has 0 radical (unpaired) electrons. The molecular formula is C33H34N2O5. The standard InChI is InChI=1S/C33H34N2O5/c1-6-23-21(2)33(25-17-11-13-19-27(25)35(30(33)37)20-22-14-8-7-9-15-22)39-29(36)28(23)24-16-10-12-18-26(24)34-31(38)40-32(3,4)5/h7-19,21H,6,20H2,1-5H3,(H,34,38)/t21?,33-/m1/s1. The summed E-state index contributed by atoms with van der Waals surface area (Å²) in [4.78, 5) is 42.6. The van der Waals surface area contributed by atoms with Gasteiger partial charge < -0.3 is 14.4 Å². The number of fused-ring (bicyclic) bond motifs is 2. The molecule has 0 fully saturated rings. The fourth-order valence-corrected chi connectivity index (χ4v) is 5.76. The Balaban J connectivity index is 1.59. The molecule has 1 spiro atoms. The van der Waals surface area contributed by atoms with Crippen molar-refractivity contribution in [2.75, 3.05) is 10.2 Å². The second-order valence-corrected chi connectivity index (χ2v) is 11.2. The number of anilines is 2. The van der Waals surface area contributed by atoms with Crippen LogP contribution in [0.3, 0.4) is 0 Å². The van der Waals surface area contributed by atoms with Gasteiger partial charge in [0.05, 0.1) is 23.5 Å². The zero-order valence-corrected chi connectivity index (χ0v) is 23.5. The van der Waals surface area contributed by atoms with Crippen LogP contribution in [0.2, 0.25) is 0 Å². The van der Waals surface area contributed by atoms with Crippen molar-refractivity contribution in [3.8, 4) is 0 Å². The molecule has 0 bridgehead atoms. The minimum absolute atomic E-state index is 0.261. The Kier molecular flexibility index (Phi) is 7.00. The molecule has 0 aliphatic carbocycles. The van der Waals surface area contributed by atoms with Gasteiger partial charge in [-0.1, -0.05) is 80.6 Å². The lowest BCUT2D eigenvalue weighted by atomic mass is 9.73. The van der Waals surface area contributed by atoms with Crippen molar-refractivity contribution in [2.24, 2.45) is 5.92 Å². The first-order chi connectivity index (χ1) is 19.1. The Labute approximate surface area is 234 Å². The van der Waals surface area contributed by atoms with Crippen LogP contribution in [0.25, 0.3) is 5.57 Å². The highest BCUT2D eigenvalue weighted by molar-refractivity contribution is 6.22. The number of hydrogen-bond acceptors (Lipinski definition) is 5. The molecule has 2 aliphatic rings. The van der Waals surface area contributed by atoms with Crippen LogP contribution < -0.4 is 10.2 Å². The molecule has 0 saturated heterocycles. The molecule has 0 aromatic heterocycles. The van der Waals surface area contributed by atoms with Gasteiger partial charge in [-0.05, 0) is 50.5 Å². The number of nitrogens with one attached hydrogen (secondary N) is 1. The quantitative estimate of drug-likeness (QED) is 0.360. The van der Waals surface area contributed by atoms with E-state index < -0.39 is 29.2 Å². The summed E-state index contributed by atoms with van der Waals surface area (Å²) in [5.74, 6) is -1.31. The normalized spacial score (nSPS) is 20.4. The first kappa shape index (κ1) is 27.2. The van der Waals surface area contributed by atoms with Crippen molar-refractivity contribution in [1.29, 1.82) is 0 Å². The van der Waals surface area contributed by atoms with Gasteiger partial charge in [0.15, 0.2) is 0 Å². The van der Waals surface area contributed by atoms with Crippen LogP contribution in [0.5, 0.6) is 0 Å². The molecular weight excluding hydrogens is 504 g/mol. The molecule has 1 unspecified atom stereocenters. The maximum atomic E-state index is 14.3. The SMILES string of the molecule is CCC1=C(c2ccccc2NC(=O)OC(C)(C)C)C(=O)O[C@]2(C(=O)N(Cc3ccccc3)c3ccccc32)C1C. The Morgan fingerprint density at radius 2 is 1.62 bits per heavy atom. The van der Waals surface area contributed by atoms with Crippen LogP contribution in [0.15, 0.2) is 84.4 Å². The molecule has 40 heavy (non-hydrogen) atoms. The van der Waals surface area contributed by atoms with Crippen molar-refractivity contribution >= 4 is 34.9 Å². The van der Waals surface area contributed by atoms with Gasteiger partial charge in [-0.3, -0.25) is 10.1 Å². The summed E-state index contributed by atoms with van der Waals surface area (Å²) in [5.41, 5.74) is 2.34. The van der Waals surface area contributed by atoms with Crippen LogP contribution in [0.4, 0.5) is 16.2 Å². The van der Waals surface area contributed by atoms with Crippen molar-refractivity contribution in [3.05, 3.63) is 101 Å². The highest BCUT2D eigenvalue weighted by Crippen LogP contribution is 2.54. The second kappa shape index (κ2) is 10.3. The third-order valence-corrected chi connectivity index (χ3v) is 7.47. The molecule has 1 N–H and O–H groups in total. The fourth-order valence-electron chi connectivity index (χ4n) is 5.76. The summed E-state index contributed by atoms with van der Waals surface area (Å²) in [6.45, 7) is 9.63. The van der Waals surface area contributed by atoms with Gasteiger partial charge in [0.25, 0.3) is 5.91 Å². The first-order valence-corrected chi connectivity index (χ1v) is 13.6. The molecule has 7 nitrogen and oxygen atoms in total. The van der Waals surface area contributed by atoms with Crippen molar-refractivity contribution < 1.29 is 23.9 Å². The van der Waals surface area contributed by atoms with E-state index in [-0.39, 0.29) is 5.91 Å². The highest BCUT2D eigenvalue weighted by Gasteiger charge is 2.60. The number of hydrogen-bond donors (Lipinski definition) is 1. The maximum Gasteiger partial charge on any atom is 0.412 e.